The summed E-state index contributed by atoms with van der Waals surface area (Å²) in [6.45, 7) is 8.82. The van der Waals surface area contributed by atoms with Gasteiger partial charge in [-0.25, -0.2) is 0 Å². The van der Waals surface area contributed by atoms with Crippen molar-refractivity contribution >= 4 is 0 Å². The van der Waals surface area contributed by atoms with E-state index in [1.54, 1.807) is 0 Å². The Balaban J connectivity index is 3.94. The topological polar surface area (TPSA) is 23.5 Å². The van der Waals surface area contributed by atoms with Crippen molar-refractivity contribution in [2.24, 2.45) is 0 Å². The van der Waals surface area contributed by atoms with Crippen molar-refractivity contribution in [3.8, 4) is 0 Å². The first kappa shape index (κ1) is 12.9. The second kappa shape index (κ2) is 8.52. The zero-order valence-electron chi connectivity index (χ0n) is 9.42. The van der Waals surface area contributed by atoms with E-state index in [2.05, 4.69) is 25.7 Å². The normalized spacial score (nSPS) is 11.5. The molecule has 0 aromatic heterocycles. The summed E-state index contributed by atoms with van der Waals surface area (Å²) in [5, 5.41) is 8.91. The summed E-state index contributed by atoms with van der Waals surface area (Å²) < 4.78 is 0. The zero-order valence-corrected chi connectivity index (χ0v) is 9.42. The fourth-order valence-electron chi connectivity index (χ4n) is 1.90. The molecule has 0 aromatic carbocycles. The molecule has 0 unspecified atom stereocenters. The van der Waals surface area contributed by atoms with Gasteiger partial charge in [-0.1, -0.05) is 33.6 Å². The molecule has 0 spiro atoms. The molecule has 0 aromatic rings. The maximum absolute atomic E-state index is 8.91. The molecule has 2 nitrogen and oxygen atoms in total. The van der Waals surface area contributed by atoms with Crippen LogP contribution in [0, 0.1) is 0 Å². The molecule has 0 heterocycles. The standard InChI is InChI=1S/C11H25NO/c1-4-7-11(8-5-2)12(6-3)9-10-13/h11,13H,4-10H2,1-3H3. The van der Waals surface area contributed by atoms with Crippen LogP contribution in [0.25, 0.3) is 0 Å². The lowest BCUT2D eigenvalue weighted by atomic mass is 10.1. The molecule has 2 heteroatoms. The lowest BCUT2D eigenvalue weighted by molar-refractivity contribution is 0.143. The van der Waals surface area contributed by atoms with Crippen molar-refractivity contribution in [3.63, 3.8) is 0 Å². The van der Waals surface area contributed by atoms with E-state index in [0.717, 1.165) is 13.1 Å². The average Bonchev–Trinajstić information content (AvgIpc) is 2.14. The highest BCUT2D eigenvalue weighted by molar-refractivity contribution is 4.69. The van der Waals surface area contributed by atoms with Gasteiger partial charge in [-0.05, 0) is 19.4 Å². The molecule has 0 rings (SSSR count). The summed E-state index contributed by atoms with van der Waals surface area (Å²) in [5.41, 5.74) is 0. The maximum atomic E-state index is 8.91. The highest BCUT2D eigenvalue weighted by atomic mass is 16.3. The van der Waals surface area contributed by atoms with Crippen molar-refractivity contribution in [3.05, 3.63) is 0 Å². The fourth-order valence-corrected chi connectivity index (χ4v) is 1.90. The Bertz CT molecular complexity index is 100. The molecule has 0 fully saturated rings. The smallest absolute Gasteiger partial charge is 0.0558 e. The van der Waals surface area contributed by atoms with Gasteiger partial charge in [0.1, 0.15) is 0 Å². The average molecular weight is 187 g/mol. The van der Waals surface area contributed by atoms with Crippen LogP contribution in [0.15, 0.2) is 0 Å². The van der Waals surface area contributed by atoms with Crippen LogP contribution >= 0.6 is 0 Å². The predicted octanol–water partition coefficient (Wildman–Crippen LogP) is 2.27. The molecule has 80 valence electrons. The molecule has 0 aliphatic carbocycles. The lowest BCUT2D eigenvalue weighted by Crippen LogP contribution is -2.37. The third kappa shape index (κ3) is 5.27. The van der Waals surface area contributed by atoms with Gasteiger partial charge in [0.25, 0.3) is 0 Å². The van der Waals surface area contributed by atoms with E-state index in [-0.39, 0.29) is 6.61 Å². The monoisotopic (exact) mass is 187 g/mol. The lowest BCUT2D eigenvalue weighted by Gasteiger charge is -2.29. The van der Waals surface area contributed by atoms with Gasteiger partial charge >= 0.3 is 0 Å². The Labute approximate surface area is 82.9 Å². The molecule has 1 N–H and O–H groups in total. The minimum absolute atomic E-state index is 0.289. The third-order valence-corrected chi connectivity index (χ3v) is 2.55. The molecule has 0 amide bonds. The summed E-state index contributed by atoms with van der Waals surface area (Å²) in [5.74, 6) is 0. The van der Waals surface area contributed by atoms with Gasteiger partial charge in [0.2, 0.25) is 0 Å². The third-order valence-electron chi connectivity index (χ3n) is 2.55. The quantitative estimate of drug-likeness (QED) is 0.630. The summed E-state index contributed by atoms with van der Waals surface area (Å²) in [6, 6.07) is 0.687. The zero-order chi connectivity index (χ0) is 10.1. The fraction of sp³-hybridized carbons (Fsp3) is 1.00. The first-order valence-electron chi connectivity index (χ1n) is 5.64. The second-order valence-electron chi connectivity index (χ2n) is 3.58. The Morgan fingerprint density at radius 3 is 1.92 bits per heavy atom. The van der Waals surface area contributed by atoms with E-state index in [1.807, 2.05) is 0 Å². The van der Waals surface area contributed by atoms with Crippen LogP contribution in [0.1, 0.15) is 46.5 Å². The molecular weight excluding hydrogens is 162 g/mol. The summed E-state index contributed by atoms with van der Waals surface area (Å²) in [4.78, 5) is 2.40. The van der Waals surface area contributed by atoms with E-state index < -0.39 is 0 Å². The van der Waals surface area contributed by atoms with Gasteiger partial charge in [-0.15, -0.1) is 0 Å². The molecule has 0 saturated carbocycles. The van der Waals surface area contributed by atoms with Crippen LogP contribution in [0.4, 0.5) is 0 Å². The van der Waals surface area contributed by atoms with Crippen molar-refractivity contribution in [1.82, 2.24) is 4.90 Å². The molecule has 0 bridgehead atoms. The maximum Gasteiger partial charge on any atom is 0.0558 e. The minimum Gasteiger partial charge on any atom is -0.395 e. The van der Waals surface area contributed by atoms with Crippen LogP contribution in [0.3, 0.4) is 0 Å². The SMILES string of the molecule is CCCC(CCC)N(CC)CCO. The molecule has 0 aliphatic rings. The Kier molecular flexibility index (Phi) is 8.46. The van der Waals surface area contributed by atoms with E-state index in [9.17, 15) is 0 Å². The summed E-state index contributed by atoms with van der Waals surface area (Å²) in [7, 11) is 0. The van der Waals surface area contributed by atoms with Crippen LogP contribution in [-0.2, 0) is 0 Å². The van der Waals surface area contributed by atoms with E-state index in [0.29, 0.717) is 6.04 Å². The highest BCUT2D eigenvalue weighted by Gasteiger charge is 2.13. The highest BCUT2D eigenvalue weighted by Crippen LogP contribution is 2.12. The van der Waals surface area contributed by atoms with Crippen LogP contribution in [-0.4, -0.2) is 35.7 Å². The predicted molar refractivity (Wildman–Crippen MR) is 57.9 cm³/mol. The first-order valence-corrected chi connectivity index (χ1v) is 5.64. The van der Waals surface area contributed by atoms with Crippen molar-refractivity contribution in [2.45, 2.75) is 52.5 Å². The van der Waals surface area contributed by atoms with Gasteiger partial charge in [0.15, 0.2) is 0 Å². The van der Waals surface area contributed by atoms with Crippen molar-refractivity contribution in [1.29, 1.82) is 0 Å². The van der Waals surface area contributed by atoms with Crippen LogP contribution in [0.5, 0.6) is 0 Å². The van der Waals surface area contributed by atoms with Gasteiger partial charge in [0.05, 0.1) is 6.61 Å². The van der Waals surface area contributed by atoms with E-state index in [1.165, 1.54) is 25.7 Å². The molecule has 0 saturated heterocycles. The van der Waals surface area contributed by atoms with E-state index in [4.69, 9.17) is 5.11 Å². The number of aliphatic hydroxyl groups excluding tert-OH is 1. The Morgan fingerprint density at radius 2 is 1.62 bits per heavy atom. The summed E-state index contributed by atoms with van der Waals surface area (Å²) >= 11 is 0. The van der Waals surface area contributed by atoms with Gasteiger partial charge < -0.3 is 5.11 Å². The minimum atomic E-state index is 0.289. The molecule has 0 radical (unpaired) electrons. The number of nitrogens with zero attached hydrogens (tertiary/aromatic N) is 1. The number of hydrogen-bond acceptors (Lipinski definition) is 2. The molecule has 0 aliphatic heterocycles. The number of aliphatic hydroxyl groups is 1. The van der Waals surface area contributed by atoms with Crippen molar-refractivity contribution in [2.75, 3.05) is 19.7 Å². The molecule has 13 heavy (non-hydrogen) atoms. The molecule has 0 atom stereocenters. The van der Waals surface area contributed by atoms with Gasteiger partial charge in [-0.3, -0.25) is 4.90 Å². The second-order valence-corrected chi connectivity index (χ2v) is 3.58. The van der Waals surface area contributed by atoms with Crippen molar-refractivity contribution < 1.29 is 5.11 Å². The Morgan fingerprint density at radius 1 is 1.08 bits per heavy atom. The van der Waals surface area contributed by atoms with Gasteiger partial charge in [-0.2, -0.15) is 0 Å². The first-order chi connectivity index (χ1) is 6.29. The van der Waals surface area contributed by atoms with E-state index >= 15 is 0 Å². The largest absolute Gasteiger partial charge is 0.395 e. The van der Waals surface area contributed by atoms with Crippen LogP contribution in [0.2, 0.25) is 0 Å². The summed E-state index contributed by atoms with van der Waals surface area (Å²) in [6.07, 6.45) is 5.02. The number of hydrogen-bond donors (Lipinski definition) is 1. The number of rotatable bonds is 8. The van der Waals surface area contributed by atoms with Crippen LogP contribution < -0.4 is 0 Å². The Hall–Kier alpha value is -0.0800. The molecular formula is C11H25NO. The van der Waals surface area contributed by atoms with Gasteiger partial charge in [0, 0.05) is 12.6 Å². The number of likely N-dealkylation sites (N-methyl/N-ethyl adjacent to an activating group) is 1.